The van der Waals surface area contributed by atoms with Crippen LogP contribution < -0.4 is 5.32 Å². The van der Waals surface area contributed by atoms with Gasteiger partial charge in [-0.3, -0.25) is 10.1 Å². The third-order valence-electron chi connectivity index (χ3n) is 3.70. The molecule has 1 aliphatic carbocycles. The van der Waals surface area contributed by atoms with Gasteiger partial charge < -0.3 is 10.4 Å². The highest BCUT2D eigenvalue weighted by atomic mass is 16.6. The van der Waals surface area contributed by atoms with Crippen molar-refractivity contribution in [2.24, 2.45) is 11.8 Å². The standard InChI is InChI=1S/C13H18N2O3/c16-9-11-3-1-2-10(11)8-14-12-4-6-13(7-5-12)15(17)18/h4-7,10-11,14,16H,1-3,8-9H2. The first-order valence-electron chi connectivity index (χ1n) is 6.30. The van der Waals surface area contributed by atoms with E-state index in [1.165, 1.54) is 18.6 Å². The van der Waals surface area contributed by atoms with Crippen molar-refractivity contribution in [3.8, 4) is 0 Å². The molecule has 0 aromatic heterocycles. The smallest absolute Gasteiger partial charge is 0.269 e. The lowest BCUT2D eigenvalue weighted by molar-refractivity contribution is -0.384. The highest BCUT2D eigenvalue weighted by Gasteiger charge is 2.26. The molecule has 1 aliphatic rings. The SMILES string of the molecule is O=[N+]([O-])c1ccc(NCC2CCCC2CO)cc1. The van der Waals surface area contributed by atoms with Gasteiger partial charge in [-0.15, -0.1) is 0 Å². The molecule has 2 rings (SSSR count). The van der Waals surface area contributed by atoms with E-state index >= 15 is 0 Å². The number of nitro groups is 1. The van der Waals surface area contributed by atoms with Gasteiger partial charge in [-0.1, -0.05) is 6.42 Å². The summed E-state index contributed by atoms with van der Waals surface area (Å²) in [5.74, 6) is 0.903. The van der Waals surface area contributed by atoms with E-state index in [9.17, 15) is 15.2 Å². The predicted octanol–water partition coefficient (Wildman–Crippen LogP) is 2.42. The number of nitrogens with zero attached hydrogens (tertiary/aromatic N) is 1. The van der Waals surface area contributed by atoms with Crippen LogP contribution in [0.3, 0.4) is 0 Å². The molecule has 0 saturated heterocycles. The minimum Gasteiger partial charge on any atom is -0.396 e. The Morgan fingerprint density at radius 1 is 1.28 bits per heavy atom. The minimum absolute atomic E-state index is 0.106. The van der Waals surface area contributed by atoms with E-state index in [2.05, 4.69) is 5.32 Å². The summed E-state index contributed by atoms with van der Waals surface area (Å²) >= 11 is 0. The summed E-state index contributed by atoms with van der Waals surface area (Å²) < 4.78 is 0. The average molecular weight is 250 g/mol. The Balaban J connectivity index is 1.88. The highest BCUT2D eigenvalue weighted by Crippen LogP contribution is 2.31. The Hall–Kier alpha value is -1.62. The number of anilines is 1. The topological polar surface area (TPSA) is 75.4 Å². The average Bonchev–Trinajstić information content (AvgIpc) is 2.84. The Morgan fingerprint density at radius 3 is 2.56 bits per heavy atom. The maximum absolute atomic E-state index is 10.5. The van der Waals surface area contributed by atoms with Gasteiger partial charge >= 0.3 is 0 Å². The van der Waals surface area contributed by atoms with Crippen LogP contribution in [-0.2, 0) is 0 Å². The van der Waals surface area contributed by atoms with Crippen LogP contribution in [0.2, 0.25) is 0 Å². The second-order valence-corrected chi connectivity index (χ2v) is 4.82. The van der Waals surface area contributed by atoms with E-state index in [-0.39, 0.29) is 12.3 Å². The molecule has 1 saturated carbocycles. The summed E-state index contributed by atoms with van der Waals surface area (Å²) in [5.41, 5.74) is 0.999. The van der Waals surface area contributed by atoms with Crippen LogP contribution >= 0.6 is 0 Å². The number of aliphatic hydroxyl groups excluding tert-OH is 1. The summed E-state index contributed by atoms with van der Waals surface area (Å²) in [6.07, 6.45) is 3.42. The molecule has 0 radical (unpaired) electrons. The van der Waals surface area contributed by atoms with Gasteiger partial charge in [0.2, 0.25) is 0 Å². The van der Waals surface area contributed by atoms with Gasteiger partial charge in [0.15, 0.2) is 0 Å². The van der Waals surface area contributed by atoms with Crippen LogP contribution in [0.15, 0.2) is 24.3 Å². The van der Waals surface area contributed by atoms with Crippen LogP contribution in [0.4, 0.5) is 11.4 Å². The fourth-order valence-corrected chi connectivity index (χ4v) is 2.57. The largest absolute Gasteiger partial charge is 0.396 e. The first kappa shape index (κ1) is 12.8. The number of benzene rings is 1. The van der Waals surface area contributed by atoms with E-state index in [1.54, 1.807) is 12.1 Å². The van der Waals surface area contributed by atoms with Crippen molar-refractivity contribution < 1.29 is 10.0 Å². The maximum Gasteiger partial charge on any atom is 0.269 e. The first-order valence-corrected chi connectivity index (χ1v) is 6.30. The number of hydrogen-bond acceptors (Lipinski definition) is 4. The van der Waals surface area contributed by atoms with Crippen molar-refractivity contribution in [2.75, 3.05) is 18.5 Å². The zero-order chi connectivity index (χ0) is 13.0. The summed E-state index contributed by atoms with van der Waals surface area (Å²) in [5, 5.41) is 23.0. The van der Waals surface area contributed by atoms with Gasteiger partial charge in [0.1, 0.15) is 0 Å². The monoisotopic (exact) mass is 250 g/mol. The summed E-state index contributed by atoms with van der Waals surface area (Å²) in [6, 6.07) is 6.45. The summed E-state index contributed by atoms with van der Waals surface area (Å²) in [4.78, 5) is 10.1. The van der Waals surface area contributed by atoms with Crippen molar-refractivity contribution in [1.29, 1.82) is 0 Å². The molecule has 1 fully saturated rings. The molecule has 2 atom stereocenters. The molecular weight excluding hydrogens is 232 g/mol. The predicted molar refractivity (Wildman–Crippen MR) is 69.5 cm³/mol. The van der Waals surface area contributed by atoms with Crippen molar-refractivity contribution in [3.05, 3.63) is 34.4 Å². The van der Waals surface area contributed by atoms with Crippen molar-refractivity contribution in [1.82, 2.24) is 0 Å². The minimum atomic E-state index is -0.400. The van der Waals surface area contributed by atoms with Gasteiger partial charge in [0.05, 0.1) is 4.92 Å². The third kappa shape index (κ3) is 2.98. The molecule has 5 nitrogen and oxygen atoms in total. The third-order valence-corrected chi connectivity index (χ3v) is 3.70. The number of rotatable bonds is 5. The first-order chi connectivity index (χ1) is 8.70. The van der Waals surface area contributed by atoms with Crippen molar-refractivity contribution in [3.63, 3.8) is 0 Å². The van der Waals surface area contributed by atoms with E-state index < -0.39 is 4.92 Å². The van der Waals surface area contributed by atoms with Crippen molar-refractivity contribution >= 4 is 11.4 Å². The molecule has 18 heavy (non-hydrogen) atoms. The Morgan fingerprint density at radius 2 is 1.94 bits per heavy atom. The van der Waals surface area contributed by atoms with Gasteiger partial charge in [0, 0.05) is 31.0 Å². The Labute approximate surface area is 106 Å². The lowest BCUT2D eigenvalue weighted by atomic mass is 9.97. The molecule has 98 valence electrons. The molecule has 5 heteroatoms. The van der Waals surface area contributed by atoms with Gasteiger partial charge in [-0.25, -0.2) is 0 Å². The molecule has 1 aromatic rings. The summed E-state index contributed by atoms with van der Waals surface area (Å²) in [6.45, 7) is 1.08. The zero-order valence-electron chi connectivity index (χ0n) is 10.2. The molecule has 0 heterocycles. The molecule has 0 spiro atoms. The fourth-order valence-electron chi connectivity index (χ4n) is 2.57. The molecule has 0 bridgehead atoms. The van der Waals surface area contributed by atoms with Crippen LogP contribution in [0.25, 0.3) is 0 Å². The van der Waals surface area contributed by atoms with Gasteiger partial charge in [-0.05, 0) is 36.8 Å². The quantitative estimate of drug-likeness (QED) is 0.621. The molecule has 2 N–H and O–H groups in total. The normalized spacial score (nSPS) is 22.9. The highest BCUT2D eigenvalue weighted by molar-refractivity contribution is 5.48. The molecular formula is C13H18N2O3. The number of aliphatic hydroxyl groups is 1. The van der Waals surface area contributed by atoms with Gasteiger partial charge in [0.25, 0.3) is 5.69 Å². The Bertz CT molecular complexity index is 405. The number of nitrogens with one attached hydrogen (secondary N) is 1. The Kier molecular flexibility index (Phi) is 4.15. The zero-order valence-corrected chi connectivity index (χ0v) is 10.2. The molecule has 0 aliphatic heterocycles. The second kappa shape index (κ2) is 5.82. The summed E-state index contributed by atoms with van der Waals surface area (Å²) in [7, 11) is 0. The number of non-ortho nitro benzene ring substituents is 1. The van der Waals surface area contributed by atoms with Crippen LogP contribution in [0.5, 0.6) is 0 Å². The van der Waals surface area contributed by atoms with Crippen molar-refractivity contribution in [2.45, 2.75) is 19.3 Å². The fraction of sp³-hybridized carbons (Fsp3) is 0.538. The van der Waals surface area contributed by atoms with E-state index in [0.29, 0.717) is 11.8 Å². The number of nitro benzene ring substituents is 1. The number of hydrogen-bond donors (Lipinski definition) is 2. The van der Waals surface area contributed by atoms with Gasteiger partial charge in [-0.2, -0.15) is 0 Å². The van der Waals surface area contributed by atoms with E-state index in [4.69, 9.17) is 0 Å². The van der Waals surface area contributed by atoms with E-state index in [0.717, 1.165) is 25.1 Å². The molecule has 1 aromatic carbocycles. The lowest BCUT2D eigenvalue weighted by Gasteiger charge is -2.18. The molecule has 0 amide bonds. The second-order valence-electron chi connectivity index (χ2n) is 4.82. The van der Waals surface area contributed by atoms with Crippen LogP contribution in [-0.4, -0.2) is 23.2 Å². The maximum atomic E-state index is 10.5. The van der Waals surface area contributed by atoms with Crippen LogP contribution in [0, 0.1) is 22.0 Å². The van der Waals surface area contributed by atoms with E-state index in [1.807, 2.05) is 0 Å². The lowest BCUT2D eigenvalue weighted by Crippen LogP contribution is -2.20. The molecule has 2 unspecified atom stereocenters. The van der Waals surface area contributed by atoms with Crippen LogP contribution in [0.1, 0.15) is 19.3 Å².